The van der Waals surface area contributed by atoms with E-state index in [1.54, 1.807) is 11.8 Å². The number of hydrogen-bond acceptors (Lipinski definition) is 4. The summed E-state index contributed by atoms with van der Waals surface area (Å²) in [6.07, 6.45) is 0. The smallest absolute Gasteiger partial charge is 0.294 e. The van der Waals surface area contributed by atoms with Crippen LogP contribution < -0.4 is 5.56 Å². The molecule has 1 aromatic carbocycles. The summed E-state index contributed by atoms with van der Waals surface area (Å²) >= 11 is 1.78. The van der Waals surface area contributed by atoms with E-state index in [-0.39, 0.29) is 5.56 Å². The van der Waals surface area contributed by atoms with Crippen LogP contribution in [0.1, 0.15) is 19.7 Å². The number of thioether (sulfide) groups is 1. The molecule has 1 N–H and O–H groups in total. The highest BCUT2D eigenvalue weighted by molar-refractivity contribution is 7.98. The first-order valence-corrected chi connectivity index (χ1v) is 7.79. The van der Waals surface area contributed by atoms with E-state index < -0.39 is 0 Å². The van der Waals surface area contributed by atoms with Crippen LogP contribution in [-0.2, 0) is 5.75 Å². The van der Waals surface area contributed by atoms with Gasteiger partial charge in [-0.05, 0) is 23.8 Å². The van der Waals surface area contributed by atoms with Gasteiger partial charge < -0.3 is 9.40 Å². The van der Waals surface area contributed by atoms with Crippen LogP contribution in [0.4, 0.5) is 0 Å². The number of H-pyrrole nitrogens is 1. The molecule has 0 spiro atoms. The molecular weight excluding hydrogens is 272 g/mol. The van der Waals surface area contributed by atoms with E-state index in [1.165, 1.54) is 0 Å². The molecule has 0 radical (unpaired) electrons. The highest BCUT2D eigenvalue weighted by Crippen LogP contribution is 2.25. The summed E-state index contributed by atoms with van der Waals surface area (Å²) in [5.41, 5.74) is 1.46. The van der Waals surface area contributed by atoms with Gasteiger partial charge in [0.05, 0.1) is 5.75 Å². The molecule has 0 aliphatic rings. The number of nitrogens with one attached hydrogen (secondary N) is 1. The zero-order chi connectivity index (χ0) is 14.1. The summed E-state index contributed by atoms with van der Waals surface area (Å²) in [7, 11) is 0. The van der Waals surface area contributed by atoms with Crippen LogP contribution in [0.5, 0.6) is 0 Å². The number of benzene rings is 1. The Labute approximate surface area is 120 Å². The molecule has 0 saturated carbocycles. The van der Waals surface area contributed by atoms with Crippen molar-refractivity contribution in [3.05, 3.63) is 40.4 Å². The predicted octanol–water partition coefficient (Wildman–Crippen LogP) is 3.56. The standard InChI is InChI=1S/C15H16N2O2S/c1-9(2)7-20-8-12-16-13-10-5-3-4-6-11(10)19-14(13)15(18)17-12/h3-6,9H,7-8H2,1-2H3,(H,16,17,18). The molecular formula is C15H16N2O2S. The molecule has 0 bridgehead atoms. The Morgan fingerprint density at radius 1 is 1.35 bits per heavy atom. The molecule has 2 aromatic heterocycles. The molecule has 4 nitrogen and oxygen atoms in total. The fraction of sp³-hybridized carbons (Fsp3) is 0.333. The van der Waals surface area contributed by atoms with Crippen molar-refractivity contribution < 1.29 is 4.42 Å². The van der Waals surface area contributed by atoms with Crippen molar-refractivity contribution in [2.24, 2.45) is 5.92 Å². The van der Waals surface area contributed by atoms with Gasteiger partial charge in [-0.3, -0.25) is 4.79 Å². The van der Waals surface area contributed by atoms with Gasteiger partial charge in [-0.1, -0.05) is 26.0 Å². The lowest BCUT2D eigenvalue weighted by Gasteiger charge is -2.03. The van der Waals surface area contributed by atoms with Crippen LogP contribution in [0.2, 0.25) is 0 Å². The Morgan fingerprint density at radius 2 is 2.15 bits per heavy atom. The Kier molecular flexibility index (Phi) is 3.53. The van der Waals surface area contributed by atoms with Crippen LogP contribution in [-0.4, -0.2) is 15.7 Å². The Balaban J connectivity index is 2.03. The molecule has 3 rings (SSSR count). The first-order chi connectivity index (χ1) is 9.65. The molecule has 0 aliphatic carbocycles. The van der Waals surface area contributed by atoms with Crippen molar-refractivity contribution in [2.45, 2.75) is 19.6 Å². The molecule has 5 heteroatoms. The molecule has 0 unspecified atom stereocenters. The molecule has 20 heavy (non-hydrogen) atoms. The Bertz CT molecular complexity index is 804. The van der Waals surface area contributed by atoms with E-state index in [0.717, 1.165) is 11.1 Å². The van der Waals surface area contributed by atoms with Gasteiger partial charge in [0, 0.05) is 5.39 Å². The third kappa shape index (κ3) is 2.45. The van der Waals surface area contributed by atoms with Gasteiger partial charge in [-0.25, -0.2) is 4.98 Å². The van der Waals surface area contributed by atoms with Gasteiger partial charge in [-0.2, -0.15) is 11.8 Å². The summed E-state index contributed by atoms with van der Waals surface area (Å²) in [6, 6.07) is 7.59. The van der Waals surface area contributed by atoms with Gasteiger partial charge in [-0.15, -0.1) is 0 Å². The van der Waals surface area contributed by atoms with Crippen molar-refractivity contribution >= 4 is 33.8 Å². The van der Waals surface area contributed by atoms with Crippen LogP contribution >= 0.6 is 11.8 Å². The highest BCUT2D eigenvalue weighted by atomic mass is 32.2. The number of rotatable bonds is 4. The summed E-state index contributed by atoms with van der Waals surface area (Å²) < 4.78 is 5.57. The molecule has 0 fully saturated rings. The number of fused-ring (bicyclic) bond motifs is 3. The monoisotopic (exact) mass is 288 g/mol. The maximum absolute atomic E-state index is 12.1. The number of furan rings is 1. The largest absolute Gasteiger partial charge is 0.449 e. The summed E-state index contributed by atoms with van der Waals surface area (Å²) in [4.78, 5) is 19.4. The quantitative estimate of drug-likeness (QED) is 0.797. The third-order valence-electron chi connectivity index (χ3n) is 2.97. The Hall–Kier alpha value is -1.75. The predicted molar refractivity (Wildman–Crippen MR) is 83.1 cm³/mol. The number of nitrogens with zero attached hydrogens (tertiary/aromatic N) is 1. The normalized spacial score (nSPS) is 11.8. The molecule has 0 amide bonds. The first kappa shape index (κ1) is 13.2. The van der Waals surface area contributed by atoms with Gasteiger partial charge in [0.15, 0.2) is 0 Å². The molecule has 104 valence electrons. The van der Waals surface area contributed by atoms with Crippen molar-refractivity contribution in [2.75, 3.05) is 5.75 Å². The van der Waals surface area contributed by atoms with Crippen LogP contribution in [0.3, 0.4) is 0 Å². The lowest BCUT2D eigenvalue weighted by Crippen LogP contribution is -2.10. The zero-order valence-corrected chi connectivity index (χ0v) is 12.3. The number of aromatic amines is 1. The second kappa shape index (κ2) is 5.32. The molecule has 0 aliphatic heterocycles. The highest BCUT2D eigenvalue weighted by Gasteiger charge is 2.12. The van der Waals surface area contributed by atoms with E-state index in [0.29, 0.717) is 34.2 Å². The second-order valence-electron chi connectivity index (χ2n) is 5.20. The summed E-state index contributed by atoms with van der Waals surface area (Å²) in [5, 5.41) is 0.892. The second-order valence-corrected chi connectivity index (χ2v) is 6.23. The van der Waals surface area contributed by atoms with Crippen molar-refractivity contribution in [1.29, 1.82) is 0 Å². The fourth-order valence-electron chi connectivity index (χ4n) is 2.11. The molecule has 0 saturated heterocycles. The third-order valence-corrected chi connectivity index (χ3v) is 4.35. The minimum absolute atomic E-state index is 0.202. The number of aromatic nitrogens is 2. The van der Waals surface area contributed by atoms with Crippen molar-refractivity contribution in [3.63, 3.8) is 0 Å². The SMILES string of the molecule is CC(C)CSCc1nc2c(oc3ccccc32)c(=O)[nH]1. The van der Waals surface area contributed by atoms with Gasteiger partial charge in [0.2, 0.25) is 5.58 Å². The molecule has 3 aromatic rings. The van der Waals surface area contributed by atoms with Crippen LogP contribution in [0, 0.1) is 5.92 Å². The minimum atomic E-state index is -0.202. The van der Waals surface area contributed by atoms with E-state index in [4.69, 9.17) is 4.42 Å². The lowest BCUT2D eigenvalue weighted by atomic mass is 10.2. The first-order valence-electron chi connectivity index (χ1n) is 6.63. The number of hydrogen-bond donors (Lipinski definition) is 1. The fourth-order valence-corrected chi connectivity index (χ4v) is 3.03. The topological polar surface area (TPSA) is 58.9 Å². The van der Waals surface area contributed by atoms with Gasteiger partial charge in [0.25, 0.3) is 5.56 Å². The van der Waals surface area contributed by atoms with Crippen molar-refractivity contribution in [1.82, 2.24) is 9.97 Å². The molecule has 0 atom stereocenters. The molecule has 2 heterocycles. The maximum Gasteiger partial charge on any atom is 0.294 e. The average Bonchev–Trinajstić information content (AvgIpc) is 2.78. The van der Waals surface area contributed by atoms with Gasteiger partial charge >= 0.3 is 0 Å². The zero-order valence-electron chi connectivity index (χ0n) is 11.5. The van der Waals surface area contributed by atoms with E-state index in [1.807, 2.05) is 24.3 Å². The van der Waals surface area contributed by atoms with Crippen molar-refractivity contribution in [3.8, 4) is 0 Å². The van der Waals surface area contributed by atoms with Crippen LogP contribution in [0.25, 0.3) is 22.1 Å². The minimum Gasteiger partial charge on any atom is -0.449 e. The van der Waals surface area contributed by atoms with Gasteiger partial charge in [0.1, 0.15) is 16.9 Å². The summed E-state index contributed by atoms with van der Waals surface area (Å²) in [5.74, 6) is 3.10. The summed E-state index contributed by atoms with van der Waals surface area (Å²) in [6.45, 7) is 4.35. The Morgan fingerprint density at radius 3 is 2.95 bits per heavy atom. The number of para-hydroxylation sites is 1. The van der Waals surface area contributed by atoms with E-state index in [2.05, 4.69) is 23.8 Å². The van der Waals surface area contributed by atoms with E-state index >= 15 is 0 Å². The average molecular weight is 288 g/mol. The van der Waals surface area contributed by atoms with Crippen LogP contribution in [0.15, 0.2) is 33.5 Å². The van der Waals surface area contributed by atoms with E-state index in [9.17, 15) is 4.79 Å². The lowest BCUT2D eigenvalue weighted by molar-refractivity contribution is 0.660. The maximum atomic E-state index is 12.1.